The molecule has 0 saturated heterocycles. The molecule has 2 aromatic rings. The fraction of sp³-hybridized carbons (Fsp3) is 0.417. The van der Waals surface area contributed by atoms with Gasteiger partial charge >= 0.3 is 0 Å². The van der Waals surface area contributed by atoms with E-state index >= 15 is 0 Å². The molecule has 0 atom stereocenters. The SMILES string of the molecule is CCOc1ccccc1C(=O)NCCCC(=O)Nc1cc(C(C)(C)C)ccc1OC. The standard InChI is InChI=1S/C24H32N2O4/c1-6-30-20-11-8-7-10-18(20)23(28)25-15-9-12-22(27)26-19-16-17(24(2,3)4)13-14-21(19)29-5/h7-8,10-11,13-14,16H,6,9,12,15H2,1-5H3,(H,25,28)(H,26,27). The summed E-state index contributed by atoms with van der Waals surface area (Å²) in [5.41, 5.74) is 2.23. The molecule has 0 aliphatic heterocycles. The van der Waals surface area contributed by atoms with Gasteiger partial charge in [0, 0.05) is 13.0 Å². The third-order valence-electron chi connectivity index (χ3n) is 4.64. The molecule has 0 unspecified atom stereocenters. The van der Waals surface area contributed by atoms with Crippen LogP contribution in [-0.4, -0.2) is 32.1 Å². The van der Waals surface area contributed by atoms with Crippen LogP contribution in [0.1, 0.15) is 56.5 Å². The number of nitrogens with one attached hydrogen (secondary N) is 2. The van der Waals surface area contributed by atoms with E-state index in [0.717, 1.165) is 5.56 Å². The molecule has 0 aliphatic rings. The smallest absolute Gasteiger partial charge is 0.255 e. The summed E-state index contributed by atoms with van der Waals surface area (Å²) >= 11 is 0. The van der Waals surface area contributed by atoms with Crippen molar-refractivity contribution in [3.8, 4) is 11.5 Å². The van der Waals surface area contributed by atoms with E-state index in [1.807, 2.05) is 31.2 Å². The zero-order chi connectivity index (χ0) is 22.1. The van der Waals surface area contributed by atoms with Crippen LogP contribution < -0.4 is 20.1 Å². The van der Waals surface area contributed by atoms with Gasteiger partial charge in [-0.15, -0.1) is 0 Å². The quantitative estimate of drug-likeness (QED) is 0.593. The highest BCUT2D eigenvalue weighted by molar-refractivity contribution is 5.97. The summed E-state index contributed by atoms with van der Waals surface area (Å²) in [6.07, 6.45) is 0.811. The van der Waals surface area contributed by atoms with Crippen molar-refractivity contribution in [1.29, 1.82) is 0 Å². The number of hydrogen-bond donors (Lipinski definition) is 2. The Balaban J connectivity index is 1.88. The Kier molecular flexibility index (Phi) is 8.27. The molecule has 2 aromatic carbocycles. The Morgan fingerprint density at radius 3 is 2.43 bits per heavy atom. The second kappa shape index (κ2) is 10.7. The molecule has 0 fully saturated rings. The average molecular weight is 413 g/mol. The molecule has 2 N–H and O–H groups in total. The van der Waals surface area contributed by atoms with Crippen molar-refractivity contribution >= 4 is 17.5 Å². The lowest BCUT2D eigenvalue weighted by atomic mass is 9.87. The number of methoxy groups -OCH3 is 1. The first-order chi connectivity index (χ1) is 14.3. The maximum absolute atomic E-state index is 12.4. The maximum Gasteiger partial charge on any atom is 0.255 e. The number of amides is 2. The molecule has 6 heteroatoms. The Hall–Kier alpha value is -3.02. The van der Waals surface area contributed by atoms with Gasteiger partial charge < -0.3 is 20.1 Å². The topological polar surface area (TPSA) is 76.7 Å². The molecule has 162 valence electrons. The summed E-state index contributed by atoms with van der Waals surface area (Å²) in [5, 5.41) is 5.77. The maximum atomic E-state index is 12.4. The van der Waals surface area contributed by atoms with Gasteiger partial charge in [0.15, 0.2) is 0 Å². The van der Waals surface area contributed by atoms with Crippen LogP contribution in [0.3, 0.4) is 0 Å². The zero-order valence-electron chi connectivity index (χ0n) is 18.5. The fourth-order valence-corrected chi connectivity index (χ4v) is 2.97. The minimum Gasteiger partial charge on any atom is -0.495 e. The van der Waals surface area contributed by atoms with Gasteiger partial charge in [-0.1, -0.05) is 39.0 Å². The van der Waals surface area contributed by atoms with E-state index in [-0.39, 0.29) is 23.7 Å². The summed E-state index contributed by atoms with van der Waals surface area (Å²) in [6, 6.07) is 12.9. The third-order valence-corrected chi connectivity index (χ3v) is 4.64. The molecule has 0 aliphatic carbocycles. The van der Waals surface area contributed by atoms with Crippen LogP contribution in [-0.2, 0) is 10.2 Å². The first-order valence-corrected chi connectivity index (χ1v) is 10.2. The highest BCUT2D eigenvalue weighted by Crippen LogP contribution is 2.31. The molecule has 2 rings (SSSR count). The second-order valence-electron chi connectivity index (χ2n) is 8.00. The van der Waals surface area contributed by atoms with Crippen molar-refractivity contribution in [2.24, 2.45) is 0 Å². The molecule has 0 spiro atoms. The number of anilines is 1. The van der Waals surface area contributed by atoms with E-state index in [1.165, 1.54) is 0 Å². The number of rotatable bonds is 9. The monoisotopic (exact) mass is 412 g/mol. The highest BCUT2D eigenvalue weighted by Gasteiger charge is 2.17. The highest BCUT2D eigenvalue weighted by atomic mass is 16.5. The molecule has 0 radical (unpaired) electrons. The van der Waals surface area contributed by atoms with E-state index in [9.17, 15) is 9.59 Å². The van der Waals surface area contributed by atoms with Crippen LogP contribution >= 0.6 is 0 Å². The number of para-hydroxylation sites is 1. The van der Waals surface area contributed by atoms with Crippen LogP contribution in [0.5, 0.6) is 11.5 Å². The molecular weight excluding hydrogens is 380 g/mol. The van der Waals surface area contributed by atoms with Crippen LogP contribution in [0, 0.1) is 0 Å². The predicted octanol–water partition coefficient (Wildman–Crippen LogP) is 4.54. The second-order valence-corrected chi connectivity index (χ2v) is 8.00. The molecule has 6 nitrogen and oxygen atoms in total. The predicted molar refractivity (Wildman–Crippen MR) is 120 cm³/mol. The molecular formula is C24H32N2O4. The first-order valence-electron chi connectivity index (χ1n) is 10.2. The lowest BCUT2D eigenvalue weighted by molar-refractivity contribution is -0.116. The van der Waals surface area contributed by atoms with Crippen LogP contribution in [0.4, 0.5) is 5.69 Å². The van der Waals surface area contributed by atoms with E-state index in [4.69, 9.17) is 9.47 Å². The molecule has 0 bridgehead atoms. The summed E-state index contributed by atoms with van der Waals surface area (Å²) in [4.78, 5) is 24.8. The van der Waals surface area contributed by atoms with E-state index in [2.05, 4.69) is 31.4 Å². The van der Waals surface area contributed by atoms with Gasteiger partial charge in [-0.25, -0.2) is 0 Å². The lowest BCUT2D eigenvalue weighted by Gasteiger charge is -2.21. The third kappa shape index (κ3) is 6.51. The number of carbonyl (C=O) groups is 2. The van der Waals surface area contributed by atoms with Crippen molar-refractivity contribution in [3.63, 3.8) is 0 Å². The van der Waals surface area contributed by atoms with Gasteiger partial charge in [0.25, 0.3) is 5.91 Å². The van der Waals surface area contributed by atoms with Crippen LogP contribution in [0.2, 0.25) is 0 Å². The van der Waals surface area contributed by atoms with Gasteiger partial charge in [-0.2, -0.15) is 0 Å². The average Bonchev–Trinajstić information content (AvgIpc) is 2.71. The van der Waals surface area contributed by atoms with Crippen LogP contribution in [0.15, 0.2) is 42.5 Å². The Bertz CT molecular complexity index is 872. The fourth-order valence-electron chi connectivity index (χ4n) is 2.97. The van der Waals surface area contributed by atoms with Gasteiger partial charge in [0.1, 0.15) is 11.5 Å². The van der Waals surface area contributed by atoms with Gasteiger partial charge in [0.05, 0.1) is 25.0 Å². The van der Waals surface area contributed by atoms with Gasteiger partial charge in [-0.05, 0) is 48.6 Å². The van der Waals surface area contributed by atoms with Crippen molar-refractivity contribution in [1.82, 2.24) is 5.32 Å². The molecule has 30 heavy (non-hydrogen) atoms. The van der Waals surface area contributed by atoms with Gasteiger partial charge in [0.2, 0.25) is 5.91 Å². The Morgan fingerprint density at radius 1 is 1.03 bits per heavy atom. The van der Waals surface area contributed by atoms with Gasteiger partial charge in [-0.3, -0.25) is 9.59 Å². The Labute approximate surface area is 179 Å². The first kappa shape index (κ1) is 23.3. The van der Waals surface area contributed by atoms with Crippen molar-refractivity contribution in [2.45, 2.75) is 46.0 Å². The Morgan fingerprint density at radius 2 is 1.77 bits per heavy atom. The minimum atomic E-state index is -0.209. The van der Waals surface area contributed by atoms with E-state index in [0.29, 0.717) is 42.3 Å². The number of carbonyl (C=O) groups excluding carboxylic acids is 2. The number of hydrogen-bond acceptors (Lipinski definition) is 4. The van der Waals surface area contributed by atoms with Crippen molar-refractivity contribution in [3.05, 3.63) is 53.6 Å². The summed E-state index contributed by atoms with van der Waals surface area (Å²) in [6.45, 7) is 9.11. The van der Waals surface area contributed by atoms with E-state index in [1.54, 1.807) is 25.3 Å². The molecule has 0 heterocycles. The number of ether oxygens (including phenoxy) is 2. The molecule has 2 amide bonds. The largest absolute Gasteiger partial charge is 0.495 e. The summed E-state index contributed by atoms with van der Waals surface area (Å²) in [5.74, 6) is 0.848. The van der Waals surface area contributed by atoms with Crippen molar-refractivity contribution in [2.75, 3.05) is 25.6 Å². The molecule has 0 saturated carbocycles. The summed E-state index contributed by atoms with van der Waals surface area (Å²) in [7, 11) is 1.58. The minimum absolute atomic E-state index is 0.0339. The van der Waals surface area contributed by atoms with Crippen LogP contribution in [0.25, 0.3) is 0 Å². The zero-order valence-corrected chi connectivity index (χ0v) is 18.5. The number of benzene rings is 2. The van der Waals surface area contributed by atoms with Crippen molar-refractivity contribution < 1.29 is 19.1 Å². The summed E-state index contributed by atoms with van der Waals surface area (Å²) < 4.78 is 10.9. The normalized spacial score (nSPS) is 11.0. The van der Waals surface area contributed by atoms with E-state index < -0.39 is 0 Å². The lowest BCUT2D eigenvalue weighted by Crippen LogP contribution is -2.26. The molecule has 0 aromatic heterocycles.